The number of hydrogen-bond acceptors (Lipinski definition) is 3. The molecule has 0 aliphatic rings. The minimum absolute atomic E-state index is 0. The van der Waals surface area contributed by atoms with Crippen molar-refractivity contribution in [3.8, 4) is 5.75 Å². The van der Waals surface area contributed by atoms with Gasteiger partial charge in [0.05, 0.1) is 0 Å². The Labute approximate surface area is 91.9 Å². The molecule has 15 heavy (non-hydrogen) atoms. The molecular formula is C9H11ClFNO3. The molecule has 0 fully saturated rings. The summed E-state index contributed by atoms with van der Waals surface area (Å²) >= 11 is 0. The lowest BCUT2D eigenvalue weighted by atomic mass is 10.1. The van der Waals surface area contributed by atoms with Crippen LogP contribution >= 0.6 is 12.4 Å². The number of carbonyl (C=O) groups is 1. The number of carboxylic acids is 1. The lowest BCUT2D eigenvalue weighted by molar-refractivity contribution is -0.138. The van der Waals surface area contributed by atoms with E-state index in [0.29, 0.717) is 5.56 Å². The quantitative estimate of drug-likeness (QED) is 0.727. The van der Waals surface area contributed by atoms with Crippen LogP contribution in [-0.2, 0) is 11.2 Å². The molecule has 1 aromatic carbocycles. The van der Waals surface area contributed by atoms with E-state index < -0.39 is 23.6 Å². The average Bonchev–Trinajstić information content (AvgIpc) is 2.11. The van der Waals surface area contributed by atoms with Crippen LogP contribution in [0.4, 0.5) is 4.39 Å². The summed E-state index contributed by atoms with van der Waals surface area (Å²) in [5.41, 5.74) is 5.75. The molecule has 6 heteroatoms. The van der Waals surface area contributed by atoms with Crippen LogP contribution in [0.5, 0.6) is 5.75 Å². The first-order valence-corrected chi connectivity index (χ1v) is 3.96. The molecule has 0 saturated heterocycles. The highest BCUT2D eigenvalue weighted by atomic mass is 35.5. The zero-order chi connectivity index (χ0) is 10.7. The standard InChI is InChI=1S/C9H10FNO3.ClH/c10-6-2-1-5(4-8(6)12)3-7(11)9(13)14;/h1-2,4,7,12H,3,11H2,(H,13,14);1H/t7-;/m0./s1. The molecule has 0 spiro atoms. The largest absolute Gasteiger partial charge is 0.505 e. The van der Waals surface area contributed by atoms with Gasteiger partial charge in [-0.2, -0.15) is 0 Å². The summed E-state index contributed by atoms with van der Waals surface area (Å²) in [6, 6.07) is 2.58. The second-order valence-corrected chi connectivity index (χ2v) is 2.93. The van der Waals surface area contributed by atoms with Crippen molar-refractivity contribution in [1.82, 2.24) is 0 Å². The Bertz CT molecular complexity index is 359. The van der Waals surface area contributed by atoms with Gasteiger partial charge in [-0.3, -0.25) is 4.79 Å². The van der Waals surface area contributed by atoms with Crippen LogP contribution in [0.25, 0.3) is 0 Å². The first-order chi connectivity index (χ1) is 6.50. The van der Waals surface area contributed by atoms with Crippen LogP contribution in [0, 0.1) is 5.82 Å². The van der Waals surface area contributed by atoms with E-state index in [1.807, 2.05) is 0 Å². The summed E-state index contributed by atoms with van der Waals surface area (Å²) in [5.74, 6) is -2.37. The summed E-state index contributed by atoms with van der Waals surface area (Å²) in [7, 11) is 0. The van der Waals surface area contributed by atoms with Crippen LogP contribution in [0.3, 0.4) is 0 Å². The molecule has 0 unspecified atom stereocenters. The van der Waals surface area contributed by atoms with Crippen LogP contribution in [0.15, 0.2) is 18.2 Å². The molecule has 84 valence electrons. The van der Waals surface area contributed by atoms with Crippen molar-refractivity contribution in [1.29, 1.82) is 0 Å². The van der Waals surface area contributed by atoms with Crippen molar-refractivity contribution >= 4 is 18.4 Å². The number of nitrogens with two attached hydrogens (primary N) is 1. The minimum Gasteiger partial charge on any atom is -0.505 e. The Balaban J connectivity index is 0.00000196. The van der Waals surface area contributed by atoms with Gasteiger partial charge in [0, 0.05) is 0 Å². The third-order valence-electron chi connectivity index (χ3n) is 1.78. The van der Waals surface area contributed by atoms with Crippen molar-refractivity contribution in [3.05, 3.63) is 29.6 Å². The molecule has 1 rings (SSSR count). The number of aliphatic carboxylic acids is 1. The van der Waals surface area contributed by atoms with Gasteiger partial charge in [0.15, 0.2) is 11.6 Å². The molecular weight excluding hydrogens is 225 g/mol. The molecule has 0 heterocycles. The first-order valence-electron chi connectivity index (χ1n) is 3.96. The van der Waals surface area contributed by atoms with Crippen LogP contribution < -0.4 is 5.73 Å². The molecule has 0 amide bonds. The molecule has 0 saturated carbocycles. The third kappa shape index (κ3) is 3.73. The van der Waals surface area contributed by atoms with Gasteiger partial charge in [0.25, 0.3) is 0 Å². The summed E-state index contributed by atoms with van der Waals surface area (Å²) in [6.07, 6.45) is 0.0587. The molecule has 0 bridgehead atoms. The van der Waals surface area contributed by atoms with E-state index in [0.717, 1.165) is 12.1 Å². The molecule has 0 radical (unpaired) electrons. The lowest BCUT2D eigenvalue weighted by Gasteiger charge is -2.06. The summed E-state index contributed by atoms with van der Waals surface area (Å²) in [5, 5.41) is 17.5. The van der Waals surface area contributed by atoms with Crippen molar-refractivity contribution in [2.45, 2.75) is 12.5 Å². The number of rotatable bonds is 3. The smallest absolute Gasteiger partial charge is 0.320 e. The molecule has 0 aromatic heterocycles. The van der Waals surface area contributed by atoms with E-state index in [4.69, 9.17) is 15.9 Å². The predicted octanol–water partition coefficient (Wildman–Crippen LogP) is 0.908. The fourth-order valence-electron chi connectivity index (χ4n) is 1.03. The monoisotopic (exact) mass is 235 g/mol. The fraction of sp³-hybridized carbons (Fsp3) is 0.222. The van der Waals surface area contributed by atoms with E-state index in [9.17, 15) is 9.18 Å². The molecule has 4 nitrogen and oxygen atoms in total. The van der Waals surface area contributed by atoms with E-state index in [1.54, 1.807) is 0 Å². The normalized spacial score (nSPS) is 11.6. The van der Waals surface area contributed by atoms with Gasteiger partial charge >= 0.3 is 5.97 Å². The Hall–Kier alpha value is -1.33. The highest BCUT2D eigenvalue weighted by molar-refractivity contribution is 5.85. The third-order valence-corrected chi connectivity index (χ3v) is 1.78. The Morgan fingerprint density at radius 3 is 2.60 bits per heavy atom. The fourth-order valence-corrected chi connectivity index (χ4v) is 1.03. The predicted molar refractivity (Wildman–Crippen MR) is 54.6 cm³/mol. The van der Waals surface area contributed by atoms with Gasteiger partial charge < -0.3 is 15.9 Å². The number of carboxylic acid groups (broad SMARTS) is 1. The molecule has 0 aliphatic heterocycles. The number of benzene rings is 1. The number of hydrogen-bond donors (Lipinski definition) is 3. The van der Waals surface area contributed by atoms with Gasteiger partial charge in [-0.25, -0.2) is 4.39 Å². The number of phenols is 1. The van der Waals surface area contributed by atoms with Crippen molar-refractivity contribution < 1.29 is 19.4 Å². The summed E-state index contributed by atoms with van der Waals surface area (Å²) < 4.78 is 12.6. The zero-order valence-electron chi connectivity index (χ0n) is 7.68. The average molecular weight is 236 g/mol. The summed E-state index contributed by atoms with van der Waals surface area (Å²) in [4.78, 5) is 10.4. The van der Waals surface area contributed by atoms with E-state index >= 15 is 0 Å². The second-order valence-electron chi connectivity index (χ2n) is 2.93. The Morgan fingerprint density at radius 2 is 2.13 bits per heavy atom. The zero-order valence-corrected chi connectivity index (χ0v) is 8.50. The van der Waals surface area contributed by atoms with Gasteiger partial charge in [0.1, 0.15) is 6.04 Å². The Morgan fingerprint density at radius 1 is 1.53 bits per heavy atom. The second kappa shape index (κ2) is 5.53. The minimum atomic E-state index is -1.13. The Kier molecular flexibility index (Phi) is 5.04. The topological polar surface area (TPSA) is 83.5 Å². The molecule has 4 N–H and O–H groups in total. The van der Waals surface area contributed by atoms with Crippen LogP contribution in [-0.4, -0.2) is 22.2 Å². The van der Waals surface area contributed by atoms with Crippen LogP contribution in [0.1, 0.15) is 5.56 Å². The van der Waals surface area contributed by atoms with Gasteiger partial charge in [-0.05, 0) is 24.1 Å². The van der Waals surface area contributed by atoms with Crippen LogP contribution in [0.2, 0.25) is 0 Å². The highest BCUT2D eigenvalue weighted by Crippen LogP contribution is 2.17. The maximum absolute atomic E-state index is 12.6. The number of halogens is 2. The lowest BCUT2D eigenvalue weighted by Crippen LogP contribution is -2.32. The number of phenolic OH excluding ortho intramolecular Hbond substituents is 1. The first kappa shape index (κ1) is 13.7. The van der Waals surface area contributed by atoms with E-state index in [-0.39, 0.29) is 18.8 Å². The van der Waals surface area contributed by atoms with Gasteiger partial charge in [-0.1, -0.05) is 6.07 Å². The number of aromatic hydroxyl groups is 1. The molecule has 1 atom stereocenters. The van der Waals surface area contributed by atoms with E-state index in [2.05, 4.69) is 0 Å². The van der Waals surface area contributed by atoms with Crippen molar-refractivity contribution in [3.63, 3.8) is 0 Å². The molecule has 0 aliphatic carbocycles. The SMILES string of the molecule is Cl.N[C@@H](Cc1ccc(F)c(O)c1)C(=O)O. The summed E-state index contributed by atoms with van der Waals surface area (Å²) in [6.45, 7) is 0. The van der Waals surface area contributed by atoms with Crippen molar-refractivity contribution in [2.75, 3.05) is 0 Å². The maximum atomic E-state index is 12.6. The highest BCUT2D eigenvalue weighted by Gasteiger charge is 2.12. The van der Waals surface area contributed by atoms with Gasteiger partial charge in [0.2, 0.25) is 0 Å². The van der Waals surface area contributed by atoms with Crippen molar-refractivity contribution in [2.24, 2.45) is 5.73 Å². The van der Waals surface area contributed by atoms with E-state index in [1.165, 1.54) is 6.07 Å². The van der Waals surface area contributed by atoms with Gasteiger partial charge in [-0.15, -0.1) is 12.4 Å². The maximum Gasteiger partial charge on any atom is 0.320 e. The molecule has 1 aromatic rings.